The molecule has 0 spiro atoms. The Kier molecular flexibility index (Phi) is 7.32. The first kappa shape index (κ1) is 14.7. The number of carbonyl (C=O) groups excluding carboxylic acids is 2. The second kappa shape index (κ2) is 7.95. The highest BCUT2D eigenvalue weighted by atomic mass is 32.1. The SMILES string of the molecule is CC.CCOC(=O)c1nc(C(=O)CN)cs1. The lowest BCUT2D eigenvalue weighted by molar-refractivity contribution is 0.0526. The summed E-state index contributed by atoms with van der Waals surface area (Å²) >= 11 is 1.08. The van der Waals surface area contributed by atoms with Crippen LogP contribution in [0.1, 0.15) is 41.1 Å². The lowest BCUT2D eigenvalue weighted by atomic mass is 10.3. The number of aromatic nitrogens is 1. The summed E-state index contributed by atoms with van der Waals surface area (Å²) in [6, 6.07) is 0. The predicted molar refractivity (Wildman–Crippen MR) is 62.8 cm³/mol. The van der Waals surface area contributed by atoms with Crippen LogP contribution in [0.15, 0.2) is 5.38 Å². The average Bonchev–Trinajstić information content (AvgIpc) is 2.80. The van der Waals surface area contributed by atoms with Gasteiger partial charge in [-0.15, -0.1) is 11.3 Å². The van der Waals surface area contributed by atoms with E-state index in [0.717, 1.165) is 11.3 Å². The van der Waals surface area contributed by atoms with E-state index >= 15 is 0 Å². The number of esters is 1. The molecule has 2 N–H and O–H groups in total. The van der Waals surface area contributed by atoms with Crippen LogP contribution in [0.25, 0.3) is 0 Å². The minimum Gasteiger partial charge on any atom is -0.461 e. The zero-order valence-corrected chi connectivity index (χ0v) is 10.5. The Balaban J connectivity index is 0.00000106. The Hall–Kier alpha value is -1.27. The third-order valence-electron chi connectivity index (χ3n) is 1.43. The van der Waals surface area contributed by atoms with E-state index in [-0.39, 0.29) is 23.0 Å². The van der Waals surface area contributed by atoms with Gasteiger partial charge in [-0.3, -0.25) is 4.79 Å². The van der Waals surface area contributed by atoms with Gasteiger partial charge in [-0.2, -0.15) is 0 Å². The molecule has 1 aromatic heterocycles. The Labute approximate surface area is 98.6 Å². The van der Waals surface area contributed by atoms with Crippen molar-refractivity contribution in [3.63, 3.8) is 0 Å². The summed E-state index contributed by atoms with van der Waals surface area (Å²) in [4.78, 5) is 26.0. The molecule has 6 heteroatoms. The summed E-state index contributed by atoms with van der Waals surface area (Å²) in [6.45, 7) is 5.89. The van der Waals surface area contributed by atoms with Gasteiger partial charge in [0.25, 0.3) is 0 Å². The average molecular weight is 244 g/mol. The molecule has 0 aromatic carbocycles. The third kappa shape index (κ3) is 4.08. The topological polar surface area (TPSA) is 82.3 Å². The Morgan fingerprint density at radius 2 is 2.12 bits per heavy atom. The summed E-state index contributed by atoms with van der Waals surface area (Å²) in [5, 5.41) is 1.69. The Bertz CT molecular complexity index is 350. The number of Topliss-reactive ketones (excluding diaryl/α,β-unsaturated/α-hetero) is 1. The lowest BCUT2D eigenvalue weighted by Crippen LogP contribution is -2.14. The van der Waals surface area contributed by atoms with E-state index in [2.05, 4.69) is 4.98 Å². The number of rotatable bonds is 4. The van der Waals surface area contributed by atoms with E-state index in [1.54, 1.807) is 6.92 Å². The molecular weight excluding hydrogens is 228 g/mol. The minimum absolute atomic E-state index is 0.105. The van der Waals surface area contributed by atoms with Crippen LogP contribution in [0.5, 0.6) is 0 Å². The molecule has 0 atom stereocenters. The zero-order chi connectivity index (χ0) is 12.6. The van der Waals surface area contributed by atoms with Gasteiger partial charge < -0.3 is 10.5 Å². The van der Waals surface area contributed by atoms with Crippen molar-refractivity contribution in [3.05, 3.63) is 16.1 Å². The maximum absolute atomic E-state index is 11.2. The molecule has 16 heavy (non-hydrogen) atoms. The number of nitrogens with zero attached hydrogens (tertiary/aromatic N) is 1. The first-order valence-electron chi connectivity index (χ1n) is 5.05. The fraction of sp³-hybridized carbons (Fsp3) is 0.500. The number of hydrogen-bond donors (Lipinski definition) is 1. The van der Waals surface area contributed by atoms with Crippen LogP contribution in [0.2, 0.25) is 0 Å². The smallest absolute Gasteiger partial charge is 0.367 e. The maximum atomic E-state index is 11.2. The van der Waals surface area contributed by atoms with E-state index in [9.17, 15) is 9.59 Å². The monoisotopic (exact) mass is 244 g/mol. The standard InChI is InChI=1S/C8H10N2O3S.C2H6/c1-2-13-8(12)7-10-5(4-14-7)6(11)3-9;1-2/h4H,2-3,9H2,1H3;1-2H3. The fourth-order valence-electron chi connectivity index (χ4n) is 0.793. The van der Waals surface area contributed by atoms with Gasteiger partial charge in [-0.25, -0.2) is 9.78 Å². The highest BCUT2D eigenvalue weighted by Gasteiger charge is 2.14. The molecule has 1 heterocycles. The van der Waals surface area contributed by atoms with Crippen molar-refractivity contribution in [1.82, 2.24) is 4.98 Å². The maximum Gasteiger partial charge on any atom is 0.367 e. The normalized spacial score (nSPS) is 9.00. The largest absolute Gasteiger partial charge is 0.461 e. The second-order valence-electron chi connectivity index (χ2n) is 2.39. The van der Waals surface area contributed by atoms with Crippen LogP contribution in [-0.2, 0) is 4.74 Å². The molecule has 0 saturated heterocycles. The van der Waals surface area contributed by atoms with E-state index in [0.29, 0.717) is 6.61 Å². The molecule has 0 aliphatic rings. The first-order valence-corrected chi connectivity index (χ1v) is 5.93. The Morgan fingerprint density at radius 1 is 1.50 bits per heavy atom. The number of thiazole rings is 1. The molecule has 0 unspecified atom stereocenters. The molecule has 1 rings (SSSR count). The zero-order valence-electron chi connectivity index (χ0n) is 9.65. The number of ketones is 1. The lowest BCUT2D eigenvalue weighted by Gasteiger charge is -1.95. The molecule has 0 aliphatic carbocycles. The van der Waals surface area contributed by atoms with Crippen molar-refractivity contribution >= 4 is 23.1 Å². The molecule has 0 fully saturated rings. The van der Waals surface area contributed by atoms with E-state index in [1.807, 2.05) is 13.8 Å². The summed E-state index contributed by atoms with van der Waals surface area (Å²) in [6.07, 6.45) is 0. The minimum atomic E-state index is -0.506. The molecule has 90 valence electrons. The van der Waals surface area contributed by atoms with Crippen molar-refractivity contribution in [3.8, 4) is 0 Å². The van der Waals surface area contributed by atoms with Crippen molar-refractivity contribution in [2.24, 2.45) is 5.73 Å². The van der Waals surface area contributed by atoms with Crippen LogP contribution < -0.4 is 5.73 Å². The molecule has 1 aromatic rings. The quantitative estimate of drug-likeness (QED) is 0.641. The highest BCUT2D eigenvalue weighted by molar-refractivity contribution is 7.11. The summed E-state index contributed by atoms with van der Waals surface area (Å²) < 4.78 is 4.72. The van der Waals surface area contributed by atoms with E-state index in [1.165, 1.54) is 5.38 Å². The van der Waals surface area contributed by atoms with Gasteiger partial charge in [-0.1, -0.05) is 13.8 Å². The summed E-state index contributed by atoms with van der Waals surface area (Å²) in [5.74, 6) is -0.787. The van der Waals surface area contributed by atoms with Crippen molar-refractivity contribution in [2.45, 2.75) is 20.8 Å². The van der Waals surface area contributed by atoms with Gasteiger partial charge in [0.05, 0.1) is 13.2 Å². The van der Waals surface area contributed by atoms with Gasteiger partial charge in [0, 0.05) is 5.38 Å². The summed E-state index contributed by atoms with van der Waals surface area (Å²) in [7, 11) is 0. The van der Waals surface area contributed by atoms with Gasteiger partial charge in [0.1, 0.15) is 5.69 Å². The molecule has 0 bridgehead atoms. The number of ether oxygens (including phenoxy) is 1. The van der Waals surface area contributed by atoms with E-state index < -0.39 is 5.97 Å². The van der Waals surface area contributed by atoms with Gasteiger partial charge in [0.15, 0.2) is 5.78 Å². The molecular formula is C10H16N2O3S. The van der Waals surface area contributed by atoms with Gasteiger partial charge in [0.2, 0.25) is 5.01 Å². The van der Waals surface area contributed by atoms with Crippen LogP contribution in [-0.4, -0.2) is 29.9 Å². The second-order valence-corrected chi connectivity index (χ2v) is 3.24. The van der Waals surface area contributed by atoms with Crippen LogP contribution >= 0.6 is 11.3 Å². The molecule has 5 nitrogen and oxygen atoms in total. The van der Waals surface area contributed by atoms with Crippen molar-refractivity contribution < 1.29 is 14.3 Å². The molecule has 0 saturated carbocycles. The first-order chi connectivity index (χ1) is 7.69. The van der Waals surface area contributed by atoms with E-state index in [4.69, 9.17) is 10.5 Å². The van der Waals surface area contributed by atoms with Crippen LogP contribution in [0, 0.1) is 0 Å². The van der Waals surface area contributed by atoms with Crippen LogP contribution in [0.4, 0.5) is 0 Å². The summed E-state index contributed by atoms with van der Waals surface area (Å²) in [5.41, 5.74) is 5.37. The highest BCUT2D eigenvalue weighted by Crippen LogP contribution is 2.11. The third-order valence-corrected chi connectivity index (χ3v) is 2.25. The van der Waals surface area contributed by atoms with Gasteiger partial charge in [-0.05, 0) is 6.92 Å². The molecule has 0 amide bonds. The predicted octanol–water partition coefficient (Wildman–Crippen LogP) is 1.49. The number of carbonyl (C=O) groups is 2. The number of nitrogens with two attached hydrogens (primary N) is 1. The van der Waals surface area contributed by atoms with Crippen molar-refractivity contribution in [1.29, 1.82) is 0 Å². The number of hydrogen-bond acceptors (Lipinski definition) is 6. The Morgan fingerprint density at radius 3 is 2.62 bits per heavy atom. The van der Waals surface area contributed by atoms with Crippen molar-refractivity contribution in [2.75, 3.05) is 13.2 Å². The van der Waals surface area contributed by atoms with Crippen LogP contribution in [0.3, 0.4) is 0 Å². The van der Waals surface area contributed by atoms with Gasteiger partial charge >= 0.3 is 5.97 Å². The fourth-order valence-corrected chi connectivity index (χ4v) is 1.51. The molecule has 0 radical (unpaired) electrons. The molecule has 0 aliphatic heterocycles.